The van der Waals surface area contributed by atoms with Gasteiger partial charge >= 0.3 is 0 Å². The second-order valence-corrected chi connectivity index (χ2v) is 10.5. The van der Waals surface area contributed by atoms with Gasteiger partial charge in [-0.2, -0.15) is 5.10 Å². The lowest BCUT2D eigenvalue weighted by Gasteiger charge is -2.31. The molecule has 0 bridgehead atoms. The van der Waals surface area contributed by atoms with Crippen molar-refractivity contribution < 1.29 is 23.8 Å². The lowest BCUT2D eigenvalue weighted by Crippen LogP contribution is -2.46. The highest BCUT2D eigenvalue weighted by Gasteiger charge is 2.35. The summed E-state index contributed by atoms with van der Waals surface area (Å²) in [6, 6.07) is 21.9. The number of carbonyl (C=O) groups excluding carboxylic acids is 2. The van der Waals surface area contributed by atoms with E-state index in [1.165, 1.54) is 5.01 Å². The van der Waals surface area contributed by atoms with Crippen molar-refractivity contribution in [1.29, 1.82) is 0 Å². The average Bonchev–Trinajstić information content (AvgIpc) is 3.49. The fourth-order valence-corrected chi connectivity index (χ4v) is 5.47. The molecule has 5 rings (SSSR count). The van der Waals surface area contributed by atoms with Crippen LogP contribution in [0.3, 0.4) is 0 Å². The van der Waals surface area contributed by atoms with Crippen LogP contribution in [0.25, 0.3) is 0 Å². The van der Waals surface area contributed by atoms with Gasteiger partial charge in [-0.25, -0.2) is 5.01 Å². The van der Waals surface area contributed by atoms with Gasteiger partial charge in [0.15, 0.2) is 0 Å². The van der Waals surface area contributed by atoms with E-state index >= 15 is 0 Å². The molecule has 220 valence electrons. The third kappa shape index (κ3) is 6.75. The molecule has 2 aliphatic heterocycles. The third-order valence-electron chi connectivity index (χ3n) is 7.58. The number of rotatable bonds is 10. The summed E-state index contributed by atoms with van der Waals surface area (Å²) in [6.07, 6.45) is 0.491. The number of morpholine rings is 1. The lowest BCUT2D eigenvalue weighted by atomic mass is 9.98. The van der Waals surface area contributed by atoms with E-state index in [1.54, 1.807) is 49.5 Å². The van der Waals surface area contributed by atoms with E-state index in [0.29, 0.717) is 60.5 Å². The summed E-state index contributed by atoms with van der Waals surface area (Å²) in [6.45, 7) is 3.69. The zero-order valence-electron chi connectivity index (χ0n) is 23.9. The molecule has 2 amide bonds. The highest BCUT2D eigenvalue weighted by molar-refractivity contribution is 6.33. The van der Waals surface area contributed by atoms with Crippen LogP contribution in [0.1, 0.15) is 33.9 Å². The summed E-state index contributed by atoms with van der Waals surface area (Å²) in [5.74, 6) is 0.693. The highest BCUT2D eigenvalue weighted by Crippen LogP contribution is 2.36. The topological polar surface area (TPSA) is 83.9 Å². The first-order chi connectivity index (χ1) is 20.5. The maximum absolute atomic E-state index is 14.1. The maximum atomic E-state index is 14.1. The molecule has 3 aromatic rings. The molecule has 1 unspecified atom stereocenters. The second-order valence-electron chi connectivity index (χ2n) is 10.1. The van der Waals surface area contributed by atoms with E-state index in [9.17, 15) is 9.59 Å². The number of methoxy groups -OCH3 is 2. The molecule has 0 saturated carbocycles. The van der Waals surface area contributed by atoms with E-state index in [2.05, 4.69) is 4.90 Å². The number of benzene rings is 3. The summed E-state index contributed by atoms with van der Waals surface area (Å²) >= 11 is 6.40. The van der Waals surface area contributed by atoms with Gasteiger partial charge in [-0.05, 0) is 29.8 Å². The molecular weight excluding hydrogens is 556 g/mol. The van der Waals surface area contributed by atoms with Crippen molar-refractivity contribution in [2.45, 2.75) is 12.5 Å². The van der Waals surface area contributed by atoms with Crippen LogP contribution in [-0.2, 0) is 9.53 Å². The Labute approximate surface area is 251 Å². The van der Waals surface area contributed by atoms with Crippen molar-refractivity contribution in [3.8, 4) is 11.5 Å². The van der Waals surface area contributed by atoms with Gasteiger partial charge in [0.25, 0.3) is 11.8 Å². The lowest BCUT2D eigenvalue weighted by molar-refractivity contribution is -0.133. The van der Waals surface area contributed by atoms with E-state index in [0.717, 1.165) is 24.2 Å². The van der Waals surface area contributed by atoms with E-state index in [-0.39, 0.29) is 24.4 Å². The number of ether oxygens (including phenoxy) is 3. The van der Waals surface area contributed by atoms with Gasteiger partial charge in [0.1, 0.15) is 18.0 Å². The minimum Gasteiger partial charge on any atom is -0.497 e. The highest BCUT2D eigenvalue weighted by atomic mass is 35.5. The number of hydrogen-bond acceptors (Lipinski definition) is 7. The second kappa shape index (κ2) is 13.8. The molecule has 3 aromatic carbocycles. The Balaban J connectivity index is 1.44. The van der Waals surface area contributed by atoms with Crippen LogP contribution in [0.15, 0.2) is 77.9 Å². The van der Waals surface area contributed by atoms with Gasteiger partial charge in [-0.3, -0.25) is 14.5 Å². The van der Waals surface area contributed by atoms with Crippen molar-refractivity contribution in [2.24, 2.45) is 5.10 Å². The van der Waals surface area contributed by atoms with Crippen LogP contribution < -0.4 is 9.47 Å². The van der Waals surface area contributed by atoms with Gasteiger partial charge in [-0.1, -0.05) is 54.1 Å². The predicted molar refractivity (Wildman–Crippen MR) is 161 cm³/mol. The van der Waals surface area contributed by atoms with Crippen LogP contribution >= 0.6 is 11.6 Å². The molecular formula is C32H35ClN4O5. The smallest absolute Gasteiger partial charge is 0.262 e. The molecule has 1 atom stereocenters. The normalized spacial score (nSPS) is 17.1. The number of nitrogens with zero attached hydrogens (tertiary/aromatic N) is 4. The van der Waals surface area contributed by atoms with Crippen molar-refractivity contribution in [3.05, 3.63) is 94.5 Å². The standard InChI is InChI=1S/C32H35ClN4O5/c1-40-24-12-13-26(30(20-24)41-2)28-21-29(23-8-4-3-5-9-23)37(34-28)31(38)22-36(15-14-35-16-18-42-19-17-35)32(39)25-10-6-7-11-27(25)33/h3-13,20,29H,14-19,21-22H2,1-2H3. The summed E-state index contributed by atoms with van der Waals surface area (Å²) in [5.41, 5.74) is 2.82. The molecule has 9 nitrogen and oxygen atoms in total. The fraction of sp³-hybridized carbons (Fsp3) is 0.344. The van der Waals surface area contributed by atoms with Crippen LogP contribution in [0.4, 0.5) is 0 Å². The number of hydrazone groups is 1. The first-order valence-electron chi connectivity index (χ1n) is 14.0. The van der Waals surface area contributed by atoms with Crippen molar-refractivity contribution >= 4 is 29.1 Å². The van der Waals surface area contributed by atoms with Gasteiger partial charge in [0.05, 0.1) is 49.8 Å². The molecule has 0 aromatic heterocycles. The Morgan fingerprint density at radius 1 is 1.00 bits per heavy atom. The SMILES string of the molecule is COc1ccc(C2=NN(C(=O)CN(CCN3CCOCC3)C(=O)c3ccccc3Cl)C(c3ccccc3)C2)c(OC)c1. The Morgan fingerprint density at radius 3 is 2.45 bits per heavy atom. The zero-order valence-corrected chi connectivity index (χ0v) is 24.6. The van der Waals surface area contributed by atoms with Crippen molar-refractivity contribution in [1.82, 2.24) is 14.8 Å². The monoisotopic (exact) mass is 590 g/mol. The minimum absolute atomic E-state index is 0.145. The van der Waals surface area contributed by atoms with Gasteiger partial charge in [0.2, 0.25) is 0 Å². The minimum atomic E-state index is -0.336. The molecule has 1 fully saturated rings. The molecule has 42 heavy (non-hydrogen) atoms. The molecule has 2 heterocycles. The van der Waals surface area contributed by atoms with Crippen LogP contribution in [0.5, 0.6) is 11.5 Å². The largest absolute Gasteiger partial charge is 0.497 e. The zero-order chi connectivity index (χ0) is 29.5. The van der Waals surface area contributed by atoms with Crippen LogP contribution in [0.2, 0.25) is 5.02 Å². The van der Waals surface area contributed by atoms with Crippen molar-refractivity contribution in [2.75, 3.05) is 60.2 Å². The van der Waals surface area contributed by atoms with E-state index in [4.69, 9.17) is 30.9 Å². The molecule has 0 radical (unpaired) electrons. The summed E-state index contributed by atoms with van der Waals surface area (Å²) in [7, 11) is 3.19. The average molecular weight is 591 g/mol. The van der Waals surface area contributed by atoms with Gasteiger partial charge in [-0.15, -0.1) is 0 Å². The van der Waals surface area contributed by atoms with E-state index in [1.807, 2.05) is 42.5 Å². The van der Waals surface area contributed by atoms with Crippen LogP contribution in [0, 0.1) is 0 Å². The summed E-state index contributed by atoms with van der Waals surface area (Å²) < 4.78 is 16.5. The molecule has 2 aliphatic rings. The van der Waals surface area contributed by atoms with Crippen molar-refractivity contribution in [3.63, 3.8) is 0 Å². The Hall–Kier alpha value is -3.92. The first-order valence-corrected chi connectivity index (χ1v) is 14.4. The maximum Gasteiger partial charge on any atom is 0.262 e. The van der Waals surface area contributed by atoms with E-state index < -0.39 is 0 Å². The summed E-state index contributed by atoms with van der Waals surface area (Å²) in [4.78, 5) is 31.6. The number of hydrogen-bond donors (Lipinski definition) is 0. The Morgan fingerprint density at radius 2 is 1.74 bits per heavy atom. The molecule has 1 saturated heterocycles. The molecule has 0 aliphatic carbocycles. The number of amides is 2. The third-order valence-corrected chi connectivity index (χ3v) is 7.91. The first kappa shape index (κ1) is 29.6. The predicted octanol–water partition coefficient (Wildman–Crippen LogP) is 4.51. The Bertz CT molecular complexity index is 1430. The number of carbonyl (C=O) groups is 2. The molecule has 10 heteroatoms. The van der Waals surface area contributed by atoms with Gasteiger partial charge in [0, 0.05) is 44.2 Å². The van der Waals surface area contributed by atoms with Gasteiger partial charge < -0.3 is 19.1 Å². The Kier molecular flexibility index (Phi) is 9.74. The molecule has 0 N–H and O–H groups in total. The fourth-order valence-electron chi connectivity index (χ4n) is 5.25. The molecule has 0 spiro atoms. The quantitative estimate of drug-likeness (QED) is 0.346. The van der Waals surface area contributed by atoms with Crippen LogP contribution in [-0.4, -0.2) is 92.5 Å². The summed E-state index contributed by atoms with van der Waals surface area (Å²) in [5, 5.41) is 6.68. The number of halogens is 1.